The van der Waals surface area contributed by atoms with Gasteiger partial charge in [-0.1, -0.05) is 0 Å². The third kappa shape index (κ3) is 10.8. The van der Waals surface area contributed by atoms with Gasteiger partial charge in [-0.15, -0.1) is 0 Å². The van der Waals surface area contributed by atoms with Gasteiger partial charge in [-0.05, 0) is 14.1 Å². The molecular formula is C5H12NNaO4S. The van der Waals surface area contributed by atoms with Crippen LogP contribution in [0, 0.1) is 0 Å². The van der Waals surface area contributed by atoms with Gasteiger partial charge in [0, 0.05) is 6.54 Å². The van der Waals surface area contributed by atoms with Gasteiger partial charge < -0.3 is 14.6 Å². The van der Waals surface area contributed by atoms with Crippen molar-refractivity contribution in [3.05, 3.63) is 0 Å². The van der Waals surface area contributed by atoms with Crippen LogP contribution in [0.4, 0.5) is 0 Å². The Balaban J connectivity index is 0. The van der Waals surface area contributed by atoms with Crippen LogP contribution in [0.2, 0.25) is 0 Å². The largest absolute Gasteiger partial charge is 1.00 e. The van der Waals surface area contributed by atoms with Gasteiger partial charge in [0.15, 0.2) is 0 Å². The zero-order valence-electron chi connectivity index (χ0n) is 7.52. The number of aliphatic hydroxyl groups is 1. The van der Waals surface area contributed by atoms with Gasteiger partial charge in [-0.25, -0.2) is 8.42 Å². The maximum Gasteiger partial charge on any atom is 1.00 e. The second-order valence-electron chi connectivity index (χ2n) is 2.64. The molecule has 0 rings (SSSR count). The van der Waals surface area contributed by atoms with Crippen LogP contribution in [-0.2, 0) is 10.1 Å². The minimum Gasteiger partial charge on any atom is -0.748 e. The Labute approximate surface area is 94.8 Å². The predicted molar refractivity (Wildman–Crippen MR) is 39.1 cm³/mol. The van der Waals surface area contributed by atoms with E-state index in [1.54, 1.807) is 19.0 Å². The summed E-state index contributed by atoms with van der Waals surface area (Å²) in [6.07, 6.45) is -1.09. The third-order valence-electron chi connectivity index (χ3n) is 0.972. The minimum absolute atomic E-state index is 0. The molecule has 0 saturated heterocycles. The first kappa shape index (κ1) is 15.3. The quantitative estimate of drug-likeness (QED) is 0.369. The van der Waals surface area contributed by atoms with E-state index in [9.17, 15) is 13.0 Å². The van der Waals surface area contributed by atoms with Gasteiger partial charge in [0.1, 0.15) is 0 Å². The van der Waals surface area contributed by atoms with Crippen molar-refractivity contribution in [2.75, 3.05) is 26.4 Å². The number of likely N-dealkylation sites (N-methyl/N-ethyl adjacent to an activating group) is 1. The molecule has 0 aliphatic heterocycles. The molecule has 7 heteroatoms. The van der Waals surface area contributed by atoms with E-state index in [0.717, 1.165) is 0 Å². The van der Waals surface area contributed by atoms with E-state index in [1.807, 2.05) is 0 Å². The molecule has 0 amide bonds. The van der Waals surface area contributed by atoms with E-state index in [4.69, 9.17) is 5.11 Å². The summed E-state index contributed by atoms with van der Waals surface area (Å²) in [7, 11) is -0.933. The molecule has 68 valence electrons. The Morgan fingerprint density at radius 1 is 1.50 bits per heavy atom. The van der Waals surface area contributed by atoms with E-state index >= 15 is 0 Å². The van der Waals surface area contributed by atoms with Crippen LogP contribution in [0.3, 0.4) is 0 Å². The molecule has 5 nitrogen and oxygen atoms in total. The molecule has 0 aromatic carbocycles. The zero-order valence-corrected chi connectivity index (χ0v) is 10.3. The number of hydrogen-bond acceptors (Lipinski definition) is 5. The van der Waals surface area contributed by atoms with E-state index in [-0.39, 0.29) is 36.1 Å². The summed E-state index contributed by atoms with van der Waals surface area (Å²) in [6.45, 7) is 0.182. The van der Waals surface area contributed by atoms with Gasteiger partial charge in [-0.3, -0.25) is 0 Å². The molecule has 0 fully saturated rings. The smallest absolute Gasteiger partial charge is 0.748 e. The average Bonchev–Trinajstić information content (AvgIpc) is 1.53. The van der Waals surface area contributed by atoms with Gasteiger partial charge in [0.25, 0.3) is 0 Å². The van der Waals surface area contributed by atoms with Crippen LogP contribution < -0.4 is 29.6 Å². The van der Waals surface area contributed by atoms with E-state index in [2.05, 4.69) is 0 Å². The summed E-state index contributed by atoms with van der Waals surface area (Å²) in [5.41, 5.74) is 0. The summed E-state index contributed by atoms with van der Waals surface area (Å²) in [5, 5.41) is 8.93. The van der Waals surface area contributed by atoms with Gasteiger partial charge in [0.05, 0.1) is 22.0 Å². The summed E-state index contributed by atoms with van der Waals surface area (Å²) in [6, 6.07) is 0. The maximum absolute atomic E-state index is 10.1. The van der Waals surface area contributed by atoms with Gasteiger partial charge in [-0.2, -0.15) is 0 Å². The monoisotopic (exact) mass is 205 g/mol. The summed E-state index contributed by atoms with van der Waals surface area (Å²) in [4.78, 5) is 1.61. The van der Waals surface area contributed by atoms with E-state index in [1.165, 1.54) is 0 Å². The fraction of sp³-hybridized carbons (Fsp3) is 1.00. The predicted octanol–water partition coefficient (Wildman–Crippen LogP) is -4.54. The van der Waals surface area contributed by atoms with Crippen LogP contribution in [0.5, 0.6) is 0 Å². The van der Waals surface area contributed by atoms with Crippen LogP contribution in [0.1, 0.15) is 0 Å². The van der Waals surface area contributed by atoms with Crippen LogP contribution >= 0.6 is 0 Å². The van der Waals surface area contributed by atoms with Gasteiger partial charge in [0.2, 0.25) is 0 Å². The Bertz CT molecular complexity index is 203. The number of aliphatic hydroxyl groups excluding tert-OH is 1. The number of nitrogens with zero attached hydrogens (tertiary/aromatic N) is 1. The average molecular weight is 205 g/mol. The molecule has 0 aliphatic carbocycles. The molecule has 0 bridgehead atoms. The number of hydrogen-bond donors (Lipinski definition) is 1. The fourth-order valence-corrected chi connectivity index (χ4v) is 1.29. The first-order valence-electron chi connectivity index (χ1n) is 3.07. The van der Waals surface area contributed by atoms with Crippen LogP contribution in [-0.4, -0.2) is 55.5 Å². The molecule has 1 N–H and O–H groups in total. The second kappa shape index (κ2) is 6.31. The molecule has 0 saturated carbocycles. The fourth-order valence-electron chi connectivity index (χ4n) is 0.710. The van der Waals surface area contributed by atoms with Crippen molar-refractivity contribution in [2.45, 2.75) is 6.10 Å². The van der Waals surface area contributed by atoms with Crippen molar-refractivity contribution in [3.63, 3.8) is 0 Å². The molecule has 0 aromatic rings. The normalized spacial score (nSPS) is 14.1. The third-order valence-corrected chi connectivity index (χ3v) is 1.77. The molecule has 0 spiro atoms. The Kier molecular flexibility index (Phi) is 8.05. The second-order valence-corrected chi connectivity index (χ2v) is 4.09. The SMILES string of the molecule is CN(C)CC(O)CS(=O)(=O)[O-].[Na+]. The van der Waals surface area contributed by atoms with Crippen molar-refractivity contribution >= 4 is 10.1 Å². The van der Waals surface area contributed by atoms with Crippen LogP contribution in [0.25, 0.3) is 0 Å². The molecule has 0 aromatic heterocycles. The van der Waals surface area contributed by atoms with E-state index < -0.39 is 22.0 Å². The Hall–Kier alpha value is 0.830. The van der Waals surface area contributed by atoms with Crippen LogP contribution in [0.15, 0.2) is 0 Å². The maximum atomic E-state index is 10.1. The molecular weight excluding hydrogens is 193 g/mol. The molecule has 1 atom stereocenters. The zero-order chi connectivity index (χ0) is 9.07. The summed E-state index contributed by atoms with van der Waals surface area (Å²) in [5.74, 6) is -0.717. The van der Waals surface area contributed by atoms with Crippen molar-refractivity contribution in [3.8, 4) is 0 Å². The van der Waals surface area contributed by atoms with Crippen molar-refractivity contribution in [1.29, 1.82) is 0 Å². The van der Waals surface area contributed by atoms with Gasteiger partial charge >= 0.3 is 29.6 Å². The molecule has 0 aliphatic rings. The van der Waals surface area contributed by atoms with Crippen molar-refractivity contribution < 1.29 is 47.6 Å². The molecule has 12 heavy (non-hydrogen) atoms. The van der Waals surface area contributed by atoms with E-state index in [0.29, 0.717) is 0 Å². The topological polar surface area (TPSA) is 80.7 Å². The molecule has 0 heterocycles. The first-order chi connectivity index (χ1) is 4.81. The Morgan fingerprint density at radius 2 is 1.92 bits per heavy atom. The Morgan fingerprint density at radius 3 is 2.17 bits per heavy atom. The number of rotatable bonds is 4. The molecule has 1 unspecified atom stereocenters. The van der Waals surface area contributed by atoms with Crippen molar-refractivity contribution in [1.82, 2.24) is 4.90 Å². The standard InChI is InChI=1S/C5H13NO4S.Na/c1-6(2)3-5(7)4-11(8,9)10;/h5,7H,3-4H2,1-2H3,(H,8,9,10);/q;+1/p-1. The van der Waals surface area contributed by atoms with Crippen molar-refractivity contribution in [2.24, 2.45) is 0 Å². The minimum atomic E-state index is -4.30. The summed E-state index contributed by atoms with van der Waals surface area (Å²) < 4.78 is 30.3. The summed E-state index contributed by atoms with van der Waals surface area (Å²) >= 11 is 0. The molecule has 0 radical (unpaired) electrons. The first-order valence-corrected chi connectivity index (χ1v) is 4.65.